The van der Waals surface area contributed by atoms with E-state index in [1.807, 2.05) is 45.9 Å². The Labute approximate surface area is 186 Å². The van der Waals surface area contributed by atoms with Gasteiger partial charge in [-0.25, -0.2) is 0 Å². The lowest BCUT2D eigenvalue weighted by atomic mass is 9.98. The highest BCUT2D eigenvalue weighted by Gasteiger charge is 2.27. The second kappa shape index (κ2) is 8.11. The molecule has 3 aromatic rings. The molecule has 0 unspecified atom stereocenters. The predicted octanol–water partition coefficient (Wildman–Crippen LogP) is 5.70. The van der Waals surface area contributed by atoms with Crippen molar-refractivity contribution >= 4 is 17.0 Å². The number of phenolic OH excluding ortho intramolecular Hbond substituents is 1. The van der Waals surface area contributed by atoms with E-state index in [2.05, 4.69) is 0 Å². The third-order valence-corrected chi connectivity index (χ3v) is 5.25. The molecule has 166 valence electrons. The highest BCUT2D eigenvalue weighted by atomic mass is 16.5. The maximum Gasteiger partial charge on any atom is 0.204 e. The normalized spacial score (nSPS) is 13.9. The minimum atomic E-state index is -0.473. The van der Waals surface area contributed by atoms with E-state index in [4.69, 9.17) is 18.6 Å². The first kappa shape index (κ1) is 21.6. The average molecular weight is 434 g/mol. The molecule has 2 aromatic carbocycles. The smallest absolute Gasteiger partial charge is 0.204 e. The molecule has 1 aliphatic heterocycles. The molecule has 0 aliphatic carbocycles. The lowest BCUT2D eigenvalue weighted by Gasteiger charge is -2.28. The molecule has 1 aliphatic rings. The summed E-state index contributed by atoms with van der Waals surface area (Å²) in [6.45, 7) is 8.19. The summed E-state index contributed by atoms with van der Waals surface area (Å²) in [7, 11) is 1.51. The number of hydrogen-bond acceptors (Lipinski definition) is 6. The number of hydrogen-bond donors (Lipinski definition) is 1. The van der Waals surface area contributed by atoms with Crippen LogP contribution in [0.5, 0.6) is 23.0 Å². The number of rotatable bonds is 5. The summed E-state index contributed by atoms with van der Waals surface area (Å²) in [6.07, 6.45) is 7.12. The van der Waals surface area contributed by atoms with Crippen molar-refractivity contribution in [2.45, 2.75) is 33.3 Å². The summed E-state index contributed by atoms with van der Waals surface area (Å²) >= 11 is 0. The quantitative estimate of drug-likeness (QED) is 0.519. The summed E-state index contributed by atoms with van der Waals surface area (Å²) < 4.78 is 23.0. The second-order valence-corrected chi connectivity index (χ2v) is 8.49. The van der Waals surface area contributed by atoms with Crippen LogP contribution in [0.25, 0.3) is 28.2 Å². The molecule has 1 N–H and O–H groups in total. The summed E-state index contributed by atoms with van der Waals surface area (Å²) in [5, 5.41) is 10.7. The third kappa shape index (κ3) is 3.96. The largest absolute Gasteiger partial charge is 0.504 e. The Hall–Kier alpha value is -3.67. The second-order valence-electron chi connectivity index (χ2n) is 8.49. The van der Waals surface area contributed by atoms with Crippen LogP contribution >= 0.6 is 0 Å². The Balaban J connectivity index is 1.80. The van der Waals surface area contributed by atoms with Gasteiger partial charge >= 0.3 is 0 Å². The molecule has 0 fully saturated rings. The summed E-state index contributed by atoms with van der Waals surface area (Å²) in [4.78, 5) is 13.4. The molecular formula is C26H26O6. The van der Waals surface area contributed by atoms with Gasteiger partial charge in [-0.05, 0) is 63.6 Å². The van der Waals surface area contributed by atoms with Gasteiger partial charge in [-0.2, -0.15) is 0 Å². The van der Waals surface area contributed by atoms with E-state index < -0.39 is 5.60 Å². The minimum Gasteiger partial charge on any atom is -0.504 e. The van der Waals surface area contributed by atoms with Gasteiger partial charge in [0.05, 0.1) is 18.2 Å². The van der Waals surface area contributed by atoms with Crippen LogP contribution in [0.3, 0.4) is 0 Å². The molecule has 6 nitrogen and oxygen atoms in total. The van der Waals surface area contributed by atoms with Crippen molar-refractivity contribution in [3.63, 3.8) is 0 Å². The van der Waals surface area contributed by atoms with Crippen LogP contribution in [0.4, 0.5) is 0 Å². The van der Waals surface area contributed by atoms with Crippen LogP contribution in [0.1, 0.15) is 33.3 Å². The van der Waals surface area contributed by atoms with Crippen molar-refractivity contribution < 1.29 is 23.7 Å². The molecule has 0 radical (unpaired) electrons. The molecule has 1 aromatic heterocycles. The monoisotopic (exact) mass is 434 g/mol. The zero-order valence-corrected chi connectivity index (χ0v) is 18.8. The Kier molecular flexibility index (Phi) is 5.46. The first-order valence-electron chi connectivity index (χ1n) is 10.3. The molecule has 0 saturated carbocycles. The van der Waals surface area contributed by atoms with Gasteiger partial charge in [-0.1, -0.05) is 11.6 Å². The molecule has 0 bridgehead atoms. The highest BCUT2D eigenvalue weighted by Crippen LogP contribution is 2.42. The summed E-state index contributed by atoms with van der Waals surface area (Å²) in [5.74, 6) is 1.27. The molecular weight excluding hydrogens is 408 g/mol. The van der Waals surface area contributed by atoms with Crippen LogP contribution in [0.15, 0.2) is 57.5 Å². The summed E-state index contributed by atoms with van der Waals surface area (Å²) in [6, 6.07) is 6.55. The Morgan fingerprint density at radius 3 is 2.69 bits per heavy atom. The van der Waals surface area contributed by atoms with E-state index in [9.17, 15) is 9.90 Å². The van der Waals surface area contributed by atoms with Crippen molar-refractivity contribution in [1.82, 2.24) is 0 Å². The van der Waals surface area contributed by atoms with Crippen LogP contribution in [0.2, 0.25) is 0 Å². The van der Waals surface area contributed by atoms with E-state index in [0.717, 1.165) is 5.57 Å². The number of allylic oxidation sites excluding steroid dienone is 1. The van der Waals surface area contributed by atoms with Crippen molar-refractivity contribution in [2.75, 3.05) is 13.7 Å². The number of methoxy groups -OCH3 is 1. The van der Waals surface area contributed by atoms with E-state index >= 15 is 0 Å². The topological polar surface area (TPSA) is 78.1 Å². The predicted molar refractivity (Wildman–Crippen MR) is 125 cm³/mol. The fraction of sp³-hybridized carbons (Fsp3) is 0.269. The van der Waals surface area contributed by atoms with Gasteiger partial charge in [0.25, 0.3) is 0 Å². The van der Waals surface area contributed by atoms with E-state index in [1.54, 1.807) is 18.2 Å². The van der Waals surface area contributed by atoms with Gasteiger partial charge in [-0.3, -0.25) is 4.79 Å². The van der Waals surface area contributed by atoms with Crippen molar-refractivity contribution in [2.24, 2.45) is 0 Å². The van der Waals surface area contributed by atoms with Crippen LogP contribution in [-0.2, 0) is 0 Å². The molecule has 4 rings (SSSR count). The van der Waals surface area contributed by atoms with E-state index in [0.29, 0.717) is 51.5 Å². The Bertz CT molecular complexity index is 1310. The first-order chi connectivity index (χ1) is 15.2. The van der Waals surface area contributed by atoms with Gasteiger partial charge < -0.3 is 23.7 Å². The Morgan fingerprint density at radius 2 is 2.00 bits per heavy atom. The van der Waals surface area contributed by atoms with Crippen molar-refractivity contribution in [1.29, 1.82) is 0 Å². The zero-order valence-electron chi connectivity index (χ0n) is 18.8. The lowest BCUT2D eigenvalue weighted by Crippen LogP contribution is -2.27. The molecule has 0 saturated heterocycles. The van der Waals surface area contributed by atoms with Gasteiger partial charge in [0.1, 0.15) is 40.9 Å². The van der Waals surface area contributed by atoms with Gasteiger partial charge in [0.15, 0.2) is 11.5 Å². The number of fused-ring (bicyclic) bond motifs is 2. The Morgan fingerprint density at radius 1 is 1.22 bits per heavy atom. The fourth-order valence-electron chi connectivity index (χ4n) is 3.61. The van der Waals surface area contributed by atoms with Crippen LogP contribution < -0.4 is 19.6 Å². The van der Waals surface area contributed by atoms with Gasteiger partial charge in [0.2, 0.25) is 5.43 Å². The van der Waals surface area contributed by atoms with E-state index in [-0.39, 0.29) is 11.2 Å². The molecule has 6 heteroatoms. The minimum absolute atomic E-state index is 0.0554. The average Bonchev–Trinajstić information content (AvgIpc) is 2.72. The SMILES string of the molecule is COc1c2c(cc3occ(-c4ccc(OCC=C(C)C)c(O)c4)c(=O)c13)OC(C)(C)C=C2. The van der Waals surface area contributed by atoms with Crippen molar-refractivity contribution in [3.8, 4) is 34.1 Å². The maximum atomic E-state index is 13.4. The number of ether oxygens (including phenoxy) is 3. The number of phenols is 1. The zero-order chi connectivity index (χ0) is 23.0. The fourth-order valence-corrected chi connectivity index (χ4v) is 3.61. The standard InChI is InChI=1S/C26H26O6/c1-15(2)9-11-30-20-7-6-16(12-19(20)27)18-14-31-22-13-21-17(8-10-26(3,4)32-21)25(29-5)23(22)24(18)28/h6-10,12-14,27H,11H2,1-5H3. The summed E-state index contributed by atoms with van der Waals surface area (Å²) in [5.41, 5.74) is 2.26. The molecule has 0 atom stereocenters. The number of benzene rings is 2. The molecule has 2 heterocycles. The first-order valence-corrected chi connectivity index (χ1v) is 10.3. The van der Waals surface area contributed by atoms with Gasteiger partial charge in [0, 0.05) is 6.07 Å². The maximum absolute atomic E-state index is 13.4. The third-order valence-electron chi connectivity index (χ3n) is 5.25. The molecule has 0 amide bonds. The number of aromatic hydroxyl groups is 1. The van der Waals surface area contributed by atoms with Crippen LogP contribution in [0, 0.1) is 0 Å². The lowest BCUT2D eigenvalue weighted by molar-refractivity contribution is 0.158. The molecule has 0 spiro atoms. The van der Waals surface area contributed by atoms with E-state index in [1.165, 1.54) is 19.4 Å². The van der Waals surface area contributed by atoms with Crippen molar-refractivity contribution in [3.05, 3.63) is 64.0 Å². The highest BCUT2D eigenvalue weighted by molar-refractivity contribution is 5.93. The van der Waals surface area contributed by atoms with Gasteiger partial charge in [-0.15, -0.1) is 0 Å². The molecule has 32 heavy (non-hydrogen) atoms. The van der Waals surface area contributed by atoms with Crippen LogP contribution in [-0.4, -0.2) is 24.4 Å².